The van der Waals surface area contributed by atoms with E-state index in [2.05, 4.69) is 10.8 Å². The zero-order chi connectivity index (χ0) is 19.4. The van der Waals surface area contributed by atoms with Crippen LogP contribution in [0.1, 0.15) is 12.5 Å². The first-order valence-electron chi connectivity index (χ1n) is 8.55. The fourth-order valence-corrected chi connectivity index (χ4v) is 3.56. The summed E-state index contributed by atoms with van der Waals surface area (Å²) in [6, 6.07) is 15.2. The van der Waals surface area contributed by atoms with Gasteiger partial charge in [-0.25, -0.2) is 8.60 Å². The molecule has 1 N–H and O–H groups in total. The topological polar surface area (TPSA) is 67.1 Å². The van der Waals surface area contributed by atoms with E-state index in [1.807, 2.05) is 54.9 Å². The summed E-state index contributed by atoms with van der Waals surface area (Å²) in [5.41, 5.74) is 3.84. The van der Waals surface area contributed by atoms with E-state index in [4.69, 9.17) is 4.74 Å². The maximum absolute atomic E-state index is 12.4. The normalized spacial score (nSPS) is 11.9. The summed E-state index contributed by atoms with van der Waals surface area (Å²) in [7, 11) is 0.779. The second kappa shape index (κ2) is 8.23. The second-order valence-electron chi connectivity index (χ2n) is 5.92. The van der Waals surface area contributed by atoms with E-state index >= 15 is 0 Å². The molecule has 2 aromatic carbocycles. The molecule has 0 spiro atoms. The van der Waals surface area contributed by atoms with Gasteiger partial charge in [-0.3, -0.25) is 0 Å². The molecule has 0 saturated carbocycles. The van der Waals surface area contributed by atoms with Gasteiger partial charge in [0.15, 0.2) is 0 Å². The van der Waals surface area contributed by atoms with Gasteiger partial charge in [0.1, 0.15) is 36.1 Å². The molecule has 1 heterocycles. The molecule has 140 valence electrons. The van der Waals surface area contributed by atoms with Crippen LogP contribution in [-0.2, 0) is 18.0 Å². The van der Waals surface area contributed by atoms with Crippen LogP contribution in [0.25, 0.3) is 22.2 Å². The SMILES string of the molecule is CCS(=O)Nc1ccc(-c2c(C#N)c3ccc(OCCF)cc3n2C)cc1. The van der Waals surface area contributed by atoms with Crippen molar-refractivity contribution in [1.82, 2.24) is 4.57 Å². The van der Waals surface area contributed by atoms with E-state index in [9.17, 15) is 13.9 Å². The van der Waals surface area contributed by atoms with Crippen LogP contribution >= 0.6 is 0 Å². The summed E-state index contributed by atoms with van der Waals surface area (Å²) >= 11 is 0. The van der Waals surface area contributed by atoms with Crippen molar-refractivity contribution in [3.05, 3.63) is 48.0 Å². The first kappa shape index (κ1) is 18.9. The van der Waals surface area contributed by atoms with Crippen LogP contribution in [0, 0.1) is 11.3 Å². The first-order valence-corrected chi connectivity index (χ1v) is 9.87. The monoisotopic (exact) mass is 385 g/mol. The van der Waals surface area contributed by atoms with Crippen LogP contribution in [0.2, 0.25) is 0 Å². The van der Waals surface area contributed by atoms with Crippen molar-refractivity contribution in [2.45, 2.75) is 6.92 Å². The lowest BCUT2D eigenvalue weighted by atomic mass is 10.1. The zero-order valence-electron chi connectivity index (χ0n) is 15.2. The van der Waals surface area contributed by atoms with E-state index in [0.29, 0.717) is 17.1 Å². The fourth-order valence-electron chi connectivity index (χ4n) is 3.01. The average molecular weight is 385 g/mol. The highest BCUT2D eigenvalue weighted by molar-refractivity contribution is 7.86. The van der Waals surface area contributed by atoms with Crippen LogP contribution in [0.4, 0.5) is 10.1 Å². The Balaban J connectivity index is 2.04. The minimum absolute atomic E-state index is 0.00148. The van der Waals surface area contributed by atoms with Crippen LogP contribution in [0.15, 0.2) is 42.5 Å². The van der Waals surface area contributed by atoms with Crippen molar-refractivity contribution in [2.24, 2.45) is 7.05 Å². The molecule has 7 heteroatoms. The Morgan fingerprint density at radius 3 is 2.63 bits per heavy atom. The number of hydrogen-bond acceptors (Lipinski definition) is 3. The van der Waals surface area contributed by atoms with E-state index in [1.54, 1.807) is 6.07 Å². The van der Waals surface area contributed by atoms with Crippen LogP contribution in [0.3, 0.4) is 0 Å². The number of benzene rings is 2. The van der Waals surface area contributed by atoms with Gasteiger partial charge in [-0.15, -0.1) is 0 Å². The maximum atomic E-state index is 12.4. The molecule has 1 aromatic heterocycles. The maximum Gasteiger partial charge on any atom is 0.123 e. The number of rotatable bonds is 7. The number of aryl methyl sites for hydroxylation is 1. The minimum atomic E-state index is -1.11. The molecule has 0 fully saturated rings. The highest BCUT2D eigenvalue weighted by atomic mass is 32.2. The molecule has 1 atom stereocenters. The first-order chi connectivity index (χ1) is 13.1. The lowest BCUT2D eigenvalue weighted by Crippen LogP contribution is -2.05. The Labute approximate surface area is 160 Å². The molecule has 27 heavy (non-hydrogen) atoms. The number of ether oxygens (including phenoxy) is 1. The van der Waals surface area contributed by atoms with E-state index < -0.39 is 17.7 Å². The van der Waals surface area contributed by atoms with Gasteiger partial charge in [-0.1, -0.05) is 19.1 Å². The molecule has 0 saturated heterocycles. The molecule has 0 radical (unpaired) electrons. The predicted octanol–water partition coefficient (Wildman–Crippen LogP) is 4.16. The zero-order valence-corrected chi connectivity index (χ0v) is 16.0. The Bertz CT molecular complexity index is 1020. The number of nitriles is 1. The molecule has 0 aliphatic heterocycles. The largest absolute Gasteiger partial charge is 0.491 e. The number of halogens is 1. The minimum Gasteiger partial charge on any atom is -0.491 e. The number of alkyl halides is 1. The van der Waals surface area contributed by atoms with Crippen molar-refractivity contribution in [3.8, 4) is 23.1 Å². The van der Waals surface area contributed by atoms with E-state index in [0.717, 1.165) is 27.8 Å². The van der Waals surface area contributed by atoms with Crippen LogP contribution in [0.5, 0.6) is 5.75 Å². The van der Waals surface area contributed by atoms with Gasteiger partial charge in [0.2, 0.25) is 0 Å². The van der Waals surface area contributed by atoms with Gasteiger partial charge >= 0.3 is 0 Å². The lowest BCUT2D eigenvalue weighted by molar-refractivity contribution is 0.273. The number of nitrogens with one attached hydrogen (secondary N) is 1. The van der Waals surface area contributed by atoms with Gasteiger partial charge < -0.3 is 14.0 Å². The molecule has 5 nitrogen and oxygen atoms in total. The van der Waals surface area contributed by atoms with Crippen molar-refractivity contribution < 1.29 is 13.3 Å². The van der Waals surface area contributed by atoms with E-state index in [-0.39, 0.29) is 6.61 Å². The van der Waals surface area contributed by atoms with Gasteiger partial charge in [-0.05, 0) is 29.8 Å². The van der Waals surface area contributed by atoms with Gasteiger partial charge in [-0.2, -0.15) is 5.26 Å². The third-order valence-corrected chi connectivity index (χ3v) is 5.27. The molecular weight excluding hydrogens is 365 g/mol. The summed E-state index contributed by atoms with van der Waals surface area (Å²) in [4.78, 5) is 0. The number of nitrogens with zero attached hydrogens (tertiary/aromatic N) is 2. The quantitative estimate of drug-likeness (QED) is 0.664. The number of hydrogen-bond donors (Lipinski definition) is 1. The summed E-state index contributed by atoms with van der Waals surface area (Å²) in [5.74, 6) is 1.09. The molecule has 3 aromatic rings. The average Bonchev–Trinajstić information content (AvgIpc) is 2.98. The Kier molecular flexibility index (Phi) is 5.77. The third kappa shape index (κ3) is 3.81. The molecule has 0 aliphatic rings. The molecule has 0 amide bonds. The van der Waals surface area contributed by atoms with Crippen molar-refractivity contribution in [3.63, 3.8) is 0 Å². The Morgan fingerprint density at radius 1 is 1.26 bits per heavy atom. The number of fused-ring (bicyclic) bond motifs is 1. The molecule has 0 aliphatic carbocycles. The van der Waals surface area contributed by atoms with Gasteiger partial charge in [0.05, 0.1) is 16.8 Å². The molecule has 3 rings (SSSR count). The van der Waals surface area contributed by atoms with Crippen molar-refractivity contribution >= 4 is 27.6 Å². The molecule has 0 bridgehead atoms. The Morgan fingerprint density at radius 2 is 2.00 bits per heavy atom. The smallest absolute Gasteiger partial charge is 0.123 e. The third-order valence-electron chi connectivity index (χ3n) is 4.28. The lowest BCUT2D eigenvalue weighted by Gasteiger charge is -2.08. The summed E-state index contributed by atoms with van der Waals surface area (Å²) < 4.78 is 34.2. The summed E-state index contributed by atoms with van der Waals surface area (Å²) in [6.07, 6.45) is 0. The number of anilines is 1. The second-order valence-corrected chi connectivity index (χ2v) is 7.40. The number of aromatic nitrogens is 1. The van der Waals surface area contributed by atoms with Gasteiger partial charge in [0, 0.05) is 29.9 Å². The van der Waals surface area contributed by atoms with Gasteiger partial charge in [0.25, 0.3) is 0 Å². The summed E-state index contributed by atoms with van der Waals surface area (Å²) in [6.45, 7) is 1.29. The summed E-state index contributed by atoms with van der Waals surface area (Å²) in [5, 5.41) is 10.5. The Hall–Kier alpha value is -2.85. The highest BCUT2D eigenvalue weighted by Gasteiger charge is 2.17. The predicted molar refractivity (Wildman–Crippen MR) is 107 cm³/mol. The fraction of sp³-hybridized carbons (Fsp3) is 0.250. The standard InChI is InChI=1S/C20H20FN3O2S/c1-3-27(25)23-15-6-4-14(5-7-15)20-18(13-22)17-9-8-16(26-11-10-21)12-19(17)24(20)2/h4-9,12,23H,3,10-11H2,1-2H3. The highest BCUT2D eigenvalue weighted by Crippen LogP contribution is 2.34. The van der Waals surface area contributed by atoms with Crippen LogP contribution in [-0.4, -0.2) is 27.8 Å². The van der Waals surface area contributed by atoms with Crippen LogP contribution < -0.4 is 9.46 Å². The van der Waals surface area contributed by atoms with Crippen molar-refractivity contribution in [1.29, 1.82) is 5.26 Å². The molecular formula is C20H20FN3O2S. The molecule has 1 unspecified atom stereocenters. The van der Waals surface area contributed by atoms with Crippen molar-refractivity contribution in [2.75, 3.05) is 23.8 Å². The van der Waals surface area contributed by atoms with E-state index in [1.165, 1.54) is 0 Å².